The zero-order valence-electron chi connectivity index (χ0n) is 12.1. The van der Waals surface area contributed by atoms with Gasteiger partial charge in [0.05, 0.1) is 6.61 Å². The van der Waals surface area contributed by atoms with Crippen LogP contribution in [0, 0.1) is 5.41 Å². The summed E-state index contributed by atoms with van der Waals surface area (Å²) in [7, 11) is 1.79. The second kappa shape index (κ2) is 7.34. The fourth-order valence-corrected chi connectivity index (χ4v) is 2.25. The van der Waals surface area contributed by atoms with E-state index in [9.17, 15) is 0 Å². The van der Waals surface area contributed by atoms with Gasteiger partial charge in [0.1, 0.15) is 0 Å². The minimum Gasteiger partial charge on any atom is -0.383 e. The van der Waals surface area contributed by atoms with Crippen molar-refractivity contribution in [1.29, 1.82) is 0 Å². The summed E-state index contributed by atoms with van der Waals surface area (Å²) in [5, 5.41) is 3.50. The van der Waals surface area contributed by atoms with Gasteiger partial charge in [-0.15, -0.1) is 0 Å². The lowest BCUT2D eigenvalue weighted by atomic mass is 9.86. The van der Waals surface area contributed by atoms with Crippen LogP contribution in [0.3, 0.4) is 0 Å². The molecule has 3 heteroatoms. The van der Waals surface area contributed by atoms with Crippen molar-refractivity contribution >= 4 is 0 Å². The van der Waals surface area contributed by atoms with E-state index >= 15 is 0 Å². The Labute approximate surface area is 107 Å². The normalized spacial score (nSPS) is 19.6. The van der Waals surface area contributed by atoms with Gasteiger partial charge in [0.15, 0.2) is 0 Å². The Kier molecular flexibility index (Phi) is 6.45. The molecule has 102 valence electrons. The van der Waals surface area contributed by atoms with Crippen LogP contribution in [0.1, 0.15) is 40.0 Å². The third kappa shape index (κ3) is 5.36. The van der Waals surface area contributed by atoms with E-state index in [1.165, 1.54) is 25.8 Å². The molecular formula is C14H30N2O. The highest BCUT2D eigenvalue weighted by Crippen LogP contribution is 2.31. The molecule has 0 radical (unpaired) electrons. The lowest BCUT2D eigenvalue weighted by molar-refractivity contribution is 0.103. The zero-order valence-corrected chi connectivity index (χ0v) is 12.1. The minimum atomic E-state index is 0.395. The maximum Gasteiger partial charge on any atom is 0.0589 e. The number of nitrogens with one attached hydrogen (secondary N) is 1. The fraction of sp³-hybridized carbons (Fsp3) is 1.00. The van der Waals surface area contributed by atoms with E-state index in [1.807, 2.05) is 0 Å². The molecule has 1 fully saturated rings. The van der Waals surface area contributed by atoms with Gasteiger partial charge in [0, 0.05) is 32.8 Å². The highest BCUT2D eigenvalue weighted by molar-refractivity contribution is 4.89. The molecule has 0 spiro atoms. The monoisotopic (exact) mass is 242 g/mol. The van der Waals surface area contributed by atoms with Gasteiger partial charge in [0.25, 0.3) is 0 Å². The molecule has 1 aliphatic rings. The van der Waals surface area contributed by atoms with Gasteiger partial charge in [-0.05, 0) is 31.2 Å². The molecule has 0 aliphatic heterocycles. The molecule has 0 amide bonds. The maximum atomic E-state index is 5.22. The third-order valence-corrected chi connectivity index (χ3v) is 3.89. The lowest BCUT2D eigenvalue weighted by Crippen LogP contribution is -2.44. The van der Waals surface area contributed by atoms with Crippen molar-refractivity contribution in [3.63, 3.8) is 0 Å². The van der Waals surface area contributed by atoms with Crippen LogP contribution in [0.4, 0.5) is 0 Å². The van der Waals surface area contributed by atoms with Gasteiger partial charge >= 0.3 is 0 Å². The average molecular weight is 242 g/mol. The summed E-state index contributed by atoms with van der Waals surface area (Å²) < 4.78 is 5.22. The second-order valence-corrected chi connectivity index (χ2v) is 5.64. The van der Waals surface area contributed by atoms with E-state index in [1.54, 1.807) is 7.11 Å². The first-order valence-electron chi connectivity index (χ1n) is 7.09. The van der Waals surface area contributed by atoms with E-state index in [0.29, 0.717) is 5.41 Å². The van der Waals surface area contributed by atoms with Crippen molar-refractivity contribution in [2.75, 3.05) is 39.9 Å². The summed E-state index contributed by atoms with van der Waals surface area (Å²) in [6.07, 6.45) is 3.99. The van der Waals surface area contributed by atoms with Crippen LogP contribution in [0.15, 0.2) is 0 Å². The predicted molar refractivity (Wildman–Crippen MR) is 73.4 cm³/mol. The fourth-order valence-electron chi connectivity index (χ4n) is 2.25. The Balaban J connectivity index is 2.43. The summed E-state index contributed by atoms with van der Waals surface area (Å²) in [4.78, 5) is 2.63. The molecule has 1 N–H and O–H groups in total. The number of hydrogen-bond donors (Lipinski definition) is 1. The number of hydrogen-bond acceptors (Lipinski definition) is 3. The SMILES string of the molecule is CCNCC(C)(CC)CN(CCOC)C1CC1. The van der Waals surface area contributed by atoms with E-state index in [2.05, 4.69) is 31.0 Å². The molecule has 1 rings (SSSR count). The molecule has 1 aliphatic carbocycles. The van der Waals surface area contributed by atoms with Crippen molar-refractivity contribution in [3.8, 4) is 0 Å². The first-order chi connectivity index (χ1) is 8.15. The summed E-state index contributed by atoms with van der Waals surface area (Å²) in [6.45, 7) is 12.2. The molecule has 0 aromatic carbocycles. The quantitative estimate of drug-likeness (QED) is 0.635. The Morgan fingerprint density at radius 3 is 2.53 bits per heavy atom. The molecule has 1 saturated carbocycles. The van der Waals surface area contributed by atoms with E-state index < -0.39 is 0 Å². The molecule has 1 atom stereocenters. The van der Waals surface area contributed by atoms with Crippen molar-refractivity contribution in [3.05, 3.63) is 0 Å². The third-order valence-electron chi connectivity index (χ3n) is 3.89. The highest BCUT2D eigenvalue weighted by atomic mass is 16.5. The molecule has 17 heavy (non-hydrogen) atoms. The van der Waals surface area contributed by atoms with Crippen molar-refractivity contribution in [2.45, 2.75) is 46.1 Å². The summed E-state index contributed by atoms with van der Waals surface area (Å²) in [6, 6.07) is 0.831. The van der Waals surface area contributed by atoms with Crippen LogP contribution in [0.25, 0.3) is 0 Å². The molecule has 3 nitrogen and oxygen atoms in total. The minimum absolute atomic E-state index is 0.395. The highest BCUT2D eigenvalue weighted by Gasteiger charge is 2.33. The van der Waals surface area contributed by atoms with Crippen LogP contribution in [0.2, 0.25) is 0 Å². The molecule has 1 unspecified atom stereocenters. The van der Waals surface area contributed by atoms with Crippen molar-refractivity contribution < 1.29 is 4.74 Å². The molecule has 0 bridgehead atoms. The zero-order chi connectivity index (χ0) is 12.7. The Morgan fingerprint density at radius 1 is 1.35 bits per heavy atom. The van der Waals surface area contributed by atoms with Gasteiger partial charge in [-0.25, -0.2) is 0 Å². The van der Waals surface area contributed by atoms with Crippen LogP contribution < -0.4 is 5.32 Å². The smallest absolute Gasteiger partial charge is 0.0589 e. The molecular weight excluding hydrogens is 212 g/mol. The van der Waals surface area contributed by atoms with Gasteiger partial charge in [0.2, 0.25) is 0 Å². The van der Waals surface area contributed by atoms with E-state index in [-0.39, 0.29) is 0 Å². The summed E-state index contributed by atoms with van der Waals surface area (Å²) >= 11 is 0. The van der Waals surface area contributed by atoms with Crippen molar-refractivity contribution in [1.82, 2.24) is 10.2 Å². The number of methoxy groups -OCH3 is 1. The van der Waals surface area contributed by atoms with Crippen LogP contribution in [-0.2, 0) is 4.74 Å². The van der Waals surface area contributed by atoms with E-state index in [4.69, 9.17) is 4.74 Å². The van der Waals surface area contributed by atoms with Crippen LogP contribution >= 0.6 is 0 Å². The Hall–Kier alpha value is -0.120. The second-order valence-electron chi connectivity index (χ2n) is 5.64. The molecule has 0 heterocycles. The Morgan fingerprint density at radius 2 is 2.06 bits per heavy atom. The van der Waals surface area contributed by atoms with Gasteiger partial charge in [-0.2, -0.15) is 0 Å². The summed E-state index contributed by atoms with van der Waals surface area (Å²) in [5.74, 6) is 0. The maximum absolute atomic E-state index is 5.22. The number of ether oxygens (including phenoxy) is 1. The number of rotatable bonds is 10. The molecule has 0 saturated heterocycles. The largest absolute Gasteiger partial charge is 0.383 e. The first kappa shape index (κ1) is 14.9. The lowest BCUT2D eigenvalue weighted by Gasteiger charge is -2.35. The molecule has 0 aromatic rings. The standard InChI is InChI=1S/C14H30N2O/c1-5-14(3,11-15-6-2)12-16(9-10-17-4)13-7-8-13/h13,15H,5-12H2,1-4H3. The predicted octanol–water partition coefficient (Wildman–Crippen LogP) is 2.12. The number of nitrogens with zero attached hydrogens (tertiary/aromatic N) is 1. The Bertz CT molecular complexity index is 206. The van der Waals surface area contributed by atoms with Crippen molar-refractivity contribution in [2.24, 2.45) is 5.41 Å². The first-order valence-corrected chi connectivity index (χ1v) is 7.09. The van der Waals surface area contributed by atoms with Gasteiger partial charge in [-0.1, -0.05) is 20.8 Å². The van der Waals surface area contributed by atoms with Crippen LogP contribution in [-0.4, -0.2) is 50.8 Å². The molecule has 0 aromatic heterocycles. The van der Waals surface area contributed by atoms with E-state index in [0.717, 1.165) is 32.3 Å². The van der Waals surface area contributed by atoms with Gasteiger partial charge < -0.3 is 10.1 Å². The van der Waals surface area contributed by atoms with Gasteiger partial charge in [-0.3, -0.25) is 4.90 Å². The van der Waals surface area contributed by atoms with Crippen LogP contribution in [0.5, 0.6) is 0 Å². The topological polar surface area (TPSA) is 24.5 Å². The summed E-state index contributed by atoms with van der Waals surface area (Å²) in [5.41, 5.74) is 0.395. The average Bonchev–Trinajstić information content (AvgIpc) is 3.16.